The zero-order valence-electron chi connectivity index (χ0n) is 16.7. The SMILES string of the molecule is COc1ccc([C@H]2Cc3c(cccc3C(F)(F)F)N(C(C)CN)C(=O)[C@H]2C)cc1. The van der Waals surface area contributed by atoms with Crippen LogP contribution < -0.4 is 15.4 Å². The Morgan fingerprint density at radius 1 is 1.21 bits per heavy atom. The van der Waals surface area contributed by atoms with E-state index in [4.69, 9.17) is 10.5 Å². The maximum Gasteiger partial charge on any atom is 0.416 e. The van der Waals surface area contributed by atoms with Gasteiger partial charge in [-0.3, -0.25) is 4.79 Å². The van der Waals surface area contributed by atoms with Gasteiger partial charge in [-0.05, 0) is 54.7 Å². The number of carbonyl (C=O) groups excluding carboxylic acids is 1. The van der Waals surface area contributed by atoms with Crippen LogP contribution in [0.4, 0.5) is 18.9 Å². The van der Waals surface area contributed by atoms with Crippen molar-refractivity contribution in [3.05, 3.63) is 59.2 Å². The van der Waals surface area contributed by atoms with Crippen LogP contribution in [0.1, 0.15) is 36.5 Å². The first-order valence-electron chi connectivity index (χ1n) is 9.55. The van der Waals surface area contributed by atoms with Crippen molar-refractivity contribution < 1.29 is 22.7 Å². The van der Waals surface area contributed by atoms with Gasteiger partial charge in [0.05, 0.1) is 12.7 Å². The Bertz CT molecular complexity index is 881. The van der Waals surface area contributed by atoms with Gasteiger partial charge in [-0.2, -0.15) is 13.2 Å². The second kappa shape index (κ2) is 8.06. The van der Waals surface area contributed by atoms with Crippen LogP contribution in [-0.2, 0) is 17.4 Å². The summed E-state index contributed by atoms with van der Waals surface area (Å²) in [5.41, 5.74) is 6.32. The average Bonchev–Trinajstić information content (AvgIpc) is 2.81. The molecule has 0 aromatic heterocycles. The molecule has 0 bridgehead atoms. The lowest BCUT2D eigenvalue weighted by molar-refractivity contribution is -0.138. The molecule has 1 heterocycles. The van der Waals surface area contributed by atoms with E-state index in [2.05, 4.69) is 0 Å². The Hall–Kier alpha value is -2.54. The van der Waals surface area contributed by atoms with Crippen LogP contribution in [-0.4, -0.2) is 25.6 Å². The highest BCUT2D eigenvalue weighted by Gasteiger charge is 2.41. The summed E-state index contributed by atoms with van der Waals surface area (Å²) in [6, 6.07) is 10.7. The largest absolute Gasteiger partial charge is 0.497 e. The Morgan fingerprint density at radius 3 is 2.41 bits per heavy atom. The summed E-state index contributed by atoms with van der Waals surface area (Å²) in [5, 5.41) is 0. The highest BCUT2D eigenvalue weighted by atomic mass is 19.4. The Kier molecular flexibility index (Phi) is 5.89. The second-order valence-corrected chi connectivity index (χ2v) is 7.47. The average molecular weight is 406 g/mol. The fourth-order valence-electron chi connectivity index (χ4n) is 4.01. The molecule has 0 radical (unpaired) electrons. The Morgan fingerprint density at radius 2 is 1.86 bits per heavy atom. The zero-order chi connectivity index (χ0) is 21.3. The fourth-order valence-corrected chi connectivity index (χ4v) is 4.01. The van der Waals surface area contributed by atoms with Crippen molar-refractivity contribution in [1.29, 1.82) is 0 Å². The lowest BCUT2D eigenvalue weighted by Gasteiger charge is -2.31. The summed E-state index contributed by atoms with van der Waals surface area (Å²) in [7, 11) is 1.55. The minimum Gasteiger partial charge on any atom is -0.497 e. The van der Waals surface area contributed by atoms with Crippen molar-refractivity contribution in [2.75, 3.05) is 18.6 Å². The van der Waals surface area contributed by atoms with Crippen LogP contribution in [0.2, 0.25) is 0 Å². The predicted molar refractivity (Wildman–Crippen MR) is 106 cm³/mol. The monoisotopic (exact) mass is 406 g/mol. The number of hydrogen-bond donors (Lipinski definition) is 1. The number of methoxy groups -OCH3 is 1. The summed E-state index contributed by atoms with van der Waals surface area (Å²) >= 11 is 0. The predicted octanol–water partition coefficient (Wildman–Crippen LogP) is 4.37. The topological polar surface area (TPSA) is 55.6 Å². The molecule has 2 N–H and O–H groups in total. The van der Waals surface area contributed by atoms with Crippen LogP contribution in [0, 0.1) is 5.92 Å². The molecule has 3 atom stereocenters. The zero-order valence-corrected chi connectivity index (χ0v) is 16.7. The van der Waals surface area contributed by atoms with E-state index in [0.29, 0.717) is 11.4 Å². The van der Waals surface area contributed by atoms with Crippen molar-refractivity contribution in [2.45, 2.75) is 38.4 Å². The first kappa shape index (κ1) is 21.2. The molecule has 1 aliphatic heterocycles. The third-order valence-corrected chi connectivity index (χ3v) is 5.70. The second-order valence-electron chi connectivity index (χ2n) is 7.47. The molecule has 0 saturated heterocycles. The maximum absolute atomic E-state index is 13.8. The molecule has 1 aliphatic rings. The summed E-state index contributed by atoms with van der Waals surface area (Å²) in [4.78, 5) is 14.8. The van der Waals surface area contributed by atoms with Gasteiger partial charge in [0.25, 0.3) is 0 Å². The number of rotatable bonds is 4. The molecular weight excluding hydrogens is 381 g/mol. The number of nitrogens with two attached hydrogens (primary N) is 1. The number of anilines is 1. The molecule has 0 saturated carbocycles. The van der Waals surface area contributed by atoms with Crippen molar-refractivity contribution in [2.24, 2.45) is 11.7 Å². The molecule has 0 fully saturated rings. The van der Waals surface area contributed by atoms with Crippen LogP contribution in [0.25, 0.3) is 0 Å². The molecular formula is C22H25F3N2O2. The van der Waals surface area contributed by atoms with Crippen LogP contribution in [0.15, 0.2) is 42.5 Å². The number of nitrogens with zero attached hydrogens (tertiary/aromatic N) is 1. The lowest BCUT2D eigenvalue weighted by Crippen LogP contribution is -2.45. The van der Waals surface area contributed by atoms with Crippen molar-refractivity contribution in [3.63, 3.8) is 0 Å². The first-order valence-corrected chi connectivity index (χ1v) is 9.55. The van der Waals surface area contributed by atoms with Crippen LogP contribution in [0.3, 0.4) is 0 Å². The van der Waals surface area contributed by atoms with Crippen molar-refractivity contribution >= 4 is 11.6 Å². The van der Waals surface area contributed by atoms with Gasteiger partial charge in [-0.15, -0.1) is 0 Å². The van der Waals surface area contributed by atoms with Gasteiger partial charge >= 0.3 is 6.18 Å². The number of halogens is 3. The molecule has 4 nitrogen and oxygen atoms in total. The van der Waals surface area contributed by atoms with Gasteiger partial charge in [0.1, 0.15) is 5.75 Å². The van der Waals surface area contributed by atoms with Crippen LogP contribution in [0.5, 0.6) is 5.75 Å². The molecule has 2 aromatic rings. The minimum absolute atomic E-state index is 0.109. The molecule has 0 aliphatic carbocycles. The molecule has 1 amide bonds. The van der Waals surface area contributed by atoms with E-state index in [0.717, 1.165) is 11.6 Å². The summed E-state index contributed by atoms with van der Waals surface area (Å²) < 4.78 is 46.6. The first-order chi connectivity index (χ1) is 13.7. The van der Waals surface area contributed by atoms with E-state index < -0.39 is 29.6 Å². The molecule has 29 heavy (non-hydrogen) atoms. The lowest BCUT2D eigenvalue weighted by atomic mass is 9.82. The number of alkyl halides is 3. The summed E-state index contributed by atoms with van der Waals surface area (Å²) in [6.07, 6.45) is -4.40. The number of ether oxygens (including phenoxy) is 1. The highest BCUT2D eigenvalue weighted by Crippen LogP contribution is 2.44. The minimum atomic E-state index is -4.51. The number of hydrogen-bond acceptors (Lipinski definition) is 3. The number of benzene rings is 2. The number of fused-ring (bicyclic) bond motifs is 1. The normalized spacial score (nSPS) is 20.8. The smallest absolute Gasteiger partial charge is 0.416 e. The van der Waals surface area contributed by atoms with E-state index in [-0.39, 0.29) is 24.4 Å². The molecule has 156 valence electrons. The standard InChI is InChI=1S/C22H25F3N2O2/c1-13(12-26)27-20-6-4-5-19(22(23,24)25)18(20)11-17(14(2)21(27)28)15-7-9-16(29-3)10-8-15/h4-10,13-14,17H,11-12,26H2,1-3H3/t13?,14-,17-/m0/s1. The van der Waals surface area contributed by atoms with Gasteiger partial charge < -0.3 is 15.4 Å². The number of amides is 1. The number of carbonyl (C=O) groups is 1. The van der Waals surface area contributed by atoms with E-state index in [1.54, 1.807) is 39.2 Å². The third-order valence-electron chi connectivity index (χ3n) is 5.70. The molecule has 2 aromatic carbocycles. The van der Waals surface area contributed by atoms with Gasteiger partial charge in [0, 0.05) is 24.2 Å². The Balaban J connectivity index is 2.19. The van der Waals surface area contributed by atoms with Gasteiger partial charge in [-0.25, -0.2) is 0 Å². The van der Waals surface area contributed by atoms with Crippen LogP contribution >= 0.6 is 0 Å². The van der Waals surface area contributed by atoms with Gasteiger partial charge in [0.2, 0.25) is 5.91 Å². The van der Waals surface area contributed by atoms with Crippen molar-refractivity contribution in [3.8, 4) is 5.75 Å². The molecule has 3 rings (SSSR count). The van der Waals surface area contributed by atoms with E-state index in [9.17, 15) is 18.0 Å². The molecule has 7 heteroatoms. The molecule has 1 unspecified atom stereocenters. The molecule has 0 spiro atoms. The van der Waals surface area contributed by atoms with Crippen molar-refractivity contribution in [1.82, 2.24) is 0 Å². The van der Waals surface area contributed by atoms with E-state index >= 15 is 0 Å². The van der Waals surface area contributed by atoms with E-state index in [1.807, 2.05) is 12.1 Å². The van der Waals surface area contributed by atoms with Gasteiger partial charge in [0.15, 0.2) is 0 Å². The third kappa shape index (κ3) is 3.96. The quantitative estimate of drug-likeness (QED) is 0.820. The maximum atomic E-state index is 13.8. The summed E-state index contributed by atoms with van der Waals surface area (Å²) in [5.74, 6) is -0.477. The summed E-state index contributed by atoms with van der Waals surface area (Å²) in [6.45, 7) is 3.68. The highest BCUT2D eigenvalue weighted by molar-refractivity contribution is 5.98. The Labute approximate surface area is 168 Å². The fraction of sp³-hybridized carbons (Fsp3) is 0.409. The van der Waals surface area contributed by atoms with E-state index in [1.165, 1.54) is 11.0 Å². The van der Waals surface area contributed by atoms with Gasteiger partial charge in [-0.1, -0.05) is 25.1 Å².